The zero-order valence-corrected chi connectivity index (χ0v) is 15.5. The molecule has 6 heteroatoms. The molecule has 4 heterocycles. The average molecular weight is 356 g/mol. The molecule has 4 rings (SSSR count). The van der Waals surface area contributed by atoms with Crippen LogP contribution in [0, 0.1) is 5.92 Å². The first kappa shape index (κ1) is 17.6. The van der Waals surface area contributed by atoms with Gasteiger partial charge in [-0.2, -0.15) is 0 Å². The van der Waals surface area contributed by atoms with Crippen molar-refractivity contribution < 1.29 is 9.47 Å². The number of nitrogens with zero attached hydrogens (tertiary/aromatic N) is 4. The Kier molecular flexibility index (Phi) is 5.62. The van der Waals surface area contributed by atoms with E-state index in [0.29, 0.717) is 19.3 Å². The Morgan fingerprint density at radius 2 is 1.96 bits per heavy atom. The van der Waals surface area contributed by atoms with Crippen LogP contribution in [0.25, 0.3) is 0 Å². The van der Waals surface area contributed by atoms with Crippen molar-refractivity contribution in [1.29, 1.82) is 0 Å². The predicted molar refractivity (Wildman–Crippen MR) is 98.5 cm³/mol. The maximum atomic E-state index is 5.90. The predicted octanol–water partition coefficient (Wildman–Crippen LogP) is 2.80. The Morgan fingerprint density at radius 1 is 1.15 bits per heavy atom. The molecule has 2 aliphatic rings. The lowest BCUT2D eigenvalue weighted by Gasteiger charge is -2.37. The Morgan fingerprint density at radius 3 is 2.77 bits per heavy atom. The third-order valence-corrected chi connectivity index (χ3v) is 5.60. The van der Waals surface area contributed by atoms with Gasteiger partial charge >= 0.3 is 0 Å². The number of rotatable bonds is 6. The van der Waals surface area contributed by atoms with Gasteiger partial charge in [-0.05, 0) is 43.4 Å². The van der Waals surface area contributed by atoms with Gasteiger partial charge < -0.3 is 14.0 Å². The second kappa shape index (κ2) is 8.29. The van der Waals surface area contributed by atoms with Crippen LogP contribution in [0.2, 0.25) is 0 Å². The zero-order chi connectivity index (χ0) is 17.8. The first-order valence-corrected chi connectivity index (χ1v) is 9.64. The highest BCUT2D eigenvalue weighted by Crippen LogP contribution is 2.28. The van der Waals surface area contributed by atoms with E-state index in [9.17, 15) is 0 Å². The molecule has 2 aromatic rings. The molecule has 2 aliphatic heterocycles. The molecular formula is C20H28N4O2. The number of hydrogen-bond donors (Lipinski definition) is 0. The SMILES string of the molecule is C[C@H]1c2ncc(COCc3ccncc3)n2CCN1CC1CCOCC1. The molecule has 0 unspecified atom stereocenters. The summed E-state index contributed by atoms with van der Waals surface area (Å²) >= 11 is 0. The summed E-state index contributed by atoms with van der Waals surface area (Å²) < 4.78 is 13.7. The number of ether oxygens (including phenoxy) is 2. The van der Waals surface area contributed by atoms with Crippen molar-refractivity contribution in [3.63, 3.8) is 0 Å². The maximum Gasteiger partial charge on any atom is 0.126 e. The van der Waals surface area contributed by atoms with E-state index in [1.54, 1.807) is 12.4 Å². The fourth-order valence-electron chi connectivity index (χ4n) is 3.98. The first-order valence-electron chi connectivity index (χ1n) is 9.64. The summed E-state index contributed by atoms with van der Waals surface area (Å²) in [6.45, 7) is 8.55. The van der Waals surface area contributed by atoms with E-state index in [4.69, 9.17) is 14.5 Å². The summed E-state index contributed by atoms with van der Waals surface area (Å²) in [4.78, 5) is 11.3. The average Bonchev–Trinajstić information content (AvgIpc) is 3.10. The van der Waals surface area contributed by atoms with Crippen LogP contribution in [0.15, 0.2) is 30.7 Å². The Bertz CT molecular complexity index is 697. The highest BCUT2D eigenvalue weighted by molar-refractivity contribution is 5.11. The fourth-order valence-corrected chi connectivity index (χ4v) is 3.98. The van der Waals surface area contributed by atoms with E-state index in [0.717, 1.165) is 44.3 Å². The maximum absolute atomic E-state index is 5.90. The number of fused-ring (bicyclic) bond motifs is 1. The lowest BCUT2D eigenvalue weighted by molar-refractivity contribution is 0.0402. The van der Waals surface area contributed by atoms with Gasteiger partial charge in [-0.3, -0.25) is 9.88 Å². The van der Waals surface area contributed by atoms with Crippen LogP contribution in [0.3, 0.4) is 0 Å². The molecule has 1 fully saturated rings. The van der Waals surface area contributed by atoms with Crippen LogP contribution >= 0.6 is 0 Å². The quantitative estimate of drug-likeness (QED) is 0.797. The van der Waals surface area contributed by atoms with Crippen molar-refractivity contribution in [2.75, 3.05) is 26.3 Å². The summed E-state index contributed by atoms with van der Waals surface area (Å²) in [6.07, 6.45) is 7.95. The van der Waals surface area contributed by atoms with Gasteiger partial charge in [-0.15, -0.1) is 0 Å². The highest BCUT2D eigenvalue weighted by Gasteiger charge is 2.29. The standard InChI is InChI=1S/C20H28N4O2/c1-16-20-22-12-19(15-26-14-18-2-6-21-7-3-18)24(20)9-8-23(16)13-17-4-10-25-11-5-17/h2-3,6-7,12,16-17H,4-5,8-11,13-15H2,1H3/t16-/m0/s1. The topological polar surface area (TPSA) is 52.4 Å². The Labute approximate surface area is 155 Å². The normalized spacial score (nSPS) is 21.7. The molecule has 140 valence electrons. The van der Waals surface area contributed by atoms with Crippen molar-refractivity contribution in [3.8, 4) is 0 Å². The van der Waals surface area contributed by atoms with Gasteiger partial charge in [-0.1, -0.05) is 0 Å². The summed E-state index contributed by atoms with van der Waals surface area (Å²) in [6, 6.07) is 4.34. The van der Waals surface area contributed by atoms with Crippen molar-refractivity contribution in [2.24, 2.45) is 5.92 Å². The van der Waals surface area contributed by atoms with Gasteiger partial charge in [0.15, 0.2) is 0 Å². The van der Waals surface area contributed by atoms with Crippen molar-refractivity contribution >= 4 is 0 Å². The van der Waals surface area contributed by atoms with E-state index in [1.807, 2.05) is 18.3 Å². The smallest absolute Gasteiger partial charge is 0.126 e. The van der Waals surface area contributed by atoms with Gasteiger partial charge in [-0.25, -0.2) is 4.98 Å². The van der Waals surface area contributed by atoms with Crippen LogP contribution in [0.4, 0.5) is 0 Å². The lowest BCUT2D eigenvalue weighted by Crippen LogP contribution is -2.41. The molecular weight excluding hydrogens is 328 g/mol. The van der Waals surface area contributed by atoms with Crippen LogP contribution in [-0.2, 0) is 29.2 Å². The minimum Gasteiger partial charge on any atom is -0.381 e. The van der Waals surface area contributed by atoms with Gasteiger partial charge in [0, 0.05) is 45.2 Å². The number of aromatic nitrogens is 3. The van der Waals surface area contributed by atoms with Crippen LogP contribution in [0.5, 0.6) is 0 Å². The Hall–Kier alpha value is -1.76. The molecule has 1 atom stereocenters. The molecule has 0 amide bonds. The highest BCUT2D eigenvalue weighted by atomic mass is 16.5. The molecule has 0 spiro atoms. The van der Waals surface area contributed by atoms with Gasteiger partial charge in [0.1, 0.15) is 5.82 Å². The molecule has 0 aliphatic carbocycles. The van der Waals surface area contributed by atoms with Crippen LogP contribution < -0.4 is 0 Å². The van der Waals surface area contributed by atoms with E-state index < -0.39 is 0 Å². The van der Waals surface area contributed by atoms with Crippen LogP contribution in [0.1, 0.15) is 42.9 Å². The summed E-state index contributed by atoms with van der Waals surface area (Å²) in [5.74, 6) is 1.93. The monoisotopic (exact) mass is 356 g/mol. The molecule has 0 N–H and O–H groups in total. The van der Waals surface area contributed by atoms with Crippen molar-refractivity contribution in [3.05, 3.63) is 47.8 Å². The second-order valence-electron chi connectivity index (χ2n) is 7.33. The van der Waals surface area contributed by atoms with Crippen molar-refractivity contribution in [1.82, 2.24) is 19.4 Å². The van der Waals surface area contributed by atoms with Crippen LogP contribution in [-0.4, -0.2) is 45.7 Å². The minimum atomic E-state index is 0.362. The molecule has 0 saturated carbocycles. The lowest BCUT2D eigenvalue weighted by atomic mass is 9.98. The minimum absolute atomic E-state index is 0.362. The zero-order valence-electron chi connectivity index (χ0n) is 15.5. The molecule has 0 bridgehead atoms. The van der Waals surface area contributed by atoms with E-state index in [2.05, 4.69) is 21.4 Å². The van der Waals surface area contributed by atoms with Gasteiger partial charge in [0.05, 0.1) is 31.1 Å². The summed E-state index contributed by atoms with van der Waals surface area (Å²) in [5.41, 5.74) is 2.32. The summed E-state index contributed by atoms with van der Waals surface area (Å²) in [7, 11) is 0. The fraction of sp³-hybridized carbons (Fsp3) is 0.600. The number of pyridine rings is 1. The first-order chi connectivity index (χ1) is 12.8. The van der Waals surface area contributed by atoms with E-state index in [-0.39, 0.29) is 0 Å². The van der Waals surface area contributed by atoms with Crippen molar-refractivity contribution in [2.45, 2.75) is 45.6 Å². The number of imidazole rings is 1. The van der Waals surface area contributed by atoms with Gasteiger partial charge in [0.25, 0.3) is 0 Å². The molecule has 0 aromatic carbocycles. The molecule has 2 aromatic heterocycles. The van der Waals surface area contributed by atoms with Gasteiger partial charge in [0.2, 0.25) is 0 Å². The number of hydrogen-bond acceptors (Lipinski definition) is 5. The second-order valence-corrected chi connectivity index (χ2v) is 7.33. The molecule has 26 heavy (non-hydrogen) atoms. The molecule has 0 radical (unpaired) electrons. The molecule has 1 saturated heterocycles. The summed E-state index contributed by atoms with van der Waals surface area (Å²) in [5, 5.41) is 0. The Balaban J connectivity index is 1.34. The third kappa shape index (κ3) is 3.98. The third-order valence-electron chi connectivity index (χ3n) is 5.60. The van der Waals surface area contributed by atoms with E-state index in [1.165, 1.54) is 24.4 Å². The molecule has 6 nitrogen and oxygen atoms in total. The largest absolute Gasteiger partial charge is 0.381 e. The van der Waals surface area contributed by atoms with E-state index >= 15 is 0 Å².